The fraction of sp³-hybridized carbons (Fsp3) is 0.250. The third-order valence-corrected chi connectivity index (χ3v) is 6.44. The van der Waals surface area contributed by atoms with Crippen LogP contribution in [0.1, 0.15) is 28.7 Å². The van der Waals surface area contributed by atoms with Crippen LogP contribution in [0.2, 0.25) is 0 Å². The molecule has 0 unspecified atom stereocenters. The minimum atomic E-state index is -0.269. The second-order valence-corrected chi connectivity index (χ2v) is 8.73. The van der Waals surface area contributed by atoms with Gasteiger partial charge in [0, 0.05) is 6.20 Å². The Morgan fingerprint density at radius 2 is 1.94 bits per heavy atom. The fourth-order valence-corrected chi connectivity index (χ4v) is 4.81. The minimum Gasteiger partial charge on any atom is -0.494 e. The molecule has 1 amide bonds. The maximum Gasteiger partial charge on any atom is 0.271 e. The summed E-state index contributed by atoms with van der Waals surface area (Å²) in [5, 5.41) is 11.2. The largest absolute Gasteiger partial charge is 0.494 e. The SMILES string of the molecule is CCOc1ccc2c(c1)sc1nc(C(=O)NCc3cn(Cc4ccc(OC)c(OC)c4)nn3)cn12. The number of carbonyl (C=O) groups is 1. The molecule has 5 aromatic rings. The van der Waals surface area contributed by atoms with Crippen molar-refractivity contribution in [3.05, 3.63) is 65.7 Å². The van der Waals surface area contributed by atoms with Crippen LogP contribution >= 0.6 is 11.3 Å². The summed E-state index contributed by atoms with van der Waals surface area (Å²) in [6.45, 7) is 3.32. The highest BCUT2D eigenvalue weighted by Crippen LogP contribution is 2.30. The molecule has 5 rings (SSSR count). The molecule has 10 nitrogen and oxygen atoms in total. The van der Waals surface area contributed by atoms with E-state index in [1.165, 1.54) is 11.3 Å². The molecule has 35 heavy (non-hydrogen) atoms. The van der Waals surface area contributed by atoms with E-state index in [0.717, 1.165) is 26.5 Å². The van der Waals surface area contributed by atoms with Gasteiger partial charge >= 0.3 is 0 Å². The van der Waals surface area contributed by atoms with Crippen LogP contribution in [0.25, 0.3) is 15.2 Å². The van der Waals surface area contributed by atoms with E-state index >= 15 is 0 Å². The average molecular weight is 493 g/mol. The standard InChI is InChI=1S/C24H24N6O4S/c1-4-34-17-6-7-19-22(10-17)35-24-26-18(14-30(19)24)23(31)25-11-16-13-29(28-27-16)12-15-5-8-20(32-2)21(9-15)33-3/h5-10,13-14H,4,11-12H2,1-3H3,(H,25,31). The fourth-order valence-electron chi connectivity index (χ4n) is 3.77. The molecule has 0 aliphatic heterocycles. The first kappa shape index (κ1) is 22.7. The van der Waals surface area contributed by atoms with Crippen LogP contribution in [-0.4, -0.2) is 51.1 Å². The van der Waals surface area contributed by atoms with Gasteiger partial charge in [0.2, 0.25) is 0 Å². The number of rotatable bonds is 9. The van der Waals surface area contributed by atoms with E-state index in [-0.39, 0.29) is 12.5 Å². The summed E-state index contributed by atoms with van der Waals surface area (Å²) in [6, 6.07) is 11.6. The Morgan fingerprint density at radius 3 is 2.74 bits per heavy atom. The lowest BCUT2D eigenvalue weighted by Crippen LogP contribution is -2.23. The zero-order valence-electron chi connectivity index (χ0n) is 19.5. The quantitative estimate of drug-likeness (QED) is 0.336. The van der Waals surface area contributed by atoms with E-state index in [4.69, 9.17) is 14.2 Å². The molecule has 0 radical (unpaired) electrons. The molecule has 0 saturated heterocycles. The number of nitrogens with one attached hydrogen (secondary N) is 1. The Hall–Kier alpha value is -4.12. The van der Waals surface area contributed by atoms with Crippen LogP contribution in [0.3, 0.4) is 0 Å². The Balaban J connectivity index is 1.23. The van der Waals surface area contributed by atoms with E-state index in [0.29, 0.717) is 36.0 Å². The summed E-state index contributed by atoms with van der Waals surface area (Å²) in [7, 11) is 3.20. The molecule has 0 aliphatic carbocycles. The molecule has 0 aliphatic rings. The van der Waals surface area contributed by atoms with Crippen molar-refractivity contribution in [2.24, 2.45) is 0 Å². The number of ether oxygens (including phenoxy) is 3. The summed E-state index contributed by atoms with van der Waals surface area (Å²) in [5.41, 5.74) is 2.97. The molecular formula is C24H24N6O4S. The molecule has 180 valence electrons. The van der Waals surface area contributed by atoms with Crippen molar-refractivity contribution >= 4 is 32.4 Å². The van der Waals surface area contributed by atoms with Gasteiger partial charge in [-0.1, -0.05) is 22.6 Å². The van der Waals surface area contributed by atoms with Gasteiger partial charge in [0.1, 0.15) is 17.1 Å². The molecule has 0 fully saturated rings. The number of aromatic nitrogens is 5. The van der Waals surface area contributed by atoms with Crippen molar-refractivity contribution in [1.82, 2.24) is 29.7 Å². The first-order chi connectivity index (χ1) is 17.1. The molecule has 1 N–H and O–H groups in total. The third kappa shape index (κ3) is 4.62. The van der Waals surface area contributed by atoms with E-state index in [9.17, 15) is 4.79 Å². The second-order valence-electron chi connectivity index (χ2n) is 7.72. The Labute approximate surface area is 205 Å². The molecule has 11 heteroatoms. The summed E-state index contributed by atoms with van der Waals surface area (Å²) in [5.74, 6) is 1.87. The molecule has 0 saturated carbocycles. The highest BCUT2D eigenvalue weighted by molar-refractivity contribution is 7.23. The number of benzene rings is 2. The van der Waals surface area contributed by atoms with Gasteiger partial charge in [0.25, 0.3) is 5.91 Å². The van der Waals surface area contributed by atoms with Crippen LogP contribution in [0, 0.1) is 0 Å². The Morgan fingerprint density at radius 1 is 1.09 bits per heavy atom. The highest BCUT2D eigenvalue weighted by Gasteiger charge is 2.15. The van der Waals surface area contributed by atoms with E-state index < -0.39 is 0 Å². The number of amides is 1. The van der Waals surface area contributed by atoms with Crippen molar-refractivity contribution in [1.29, 1.82) is 0 Å². The van der Waals surface area contributed by atoms with Crippen LogP contribution in [-0.2, 0) is 13.1 Å². The minimum absolute atomic E-state index is 0.244. The van der Waals surface area contributed by atoms with Crippen molar-refractivity contribution in [2.75, 3.05) is 20.8 Å². The number of hydrogen-bond acceptors (Lipinski definition) is 8. The normalized spacial score (nSPS) is 11.2. The maximum absolute atomic E-state index is 12.7. The van der Waals surface area contributed by atoms with Gasteiger partial charge in [-0.15, -0.1) is 5.10 Å². The summed E-state index contributed by atoms with van der Waals surface area (Å²) in [4.78, 5) is 18.0. The highest BCUT2D eigenvalue weighted by atomic mass is 32.1. The Kier molecular flexibility index (Phi) is 6.23. The zero-order chi connectivity index (χ0) is 24.4. The Bertz CT molecular complexity index is 1500. The lowest BCUT2D eigenvalue weighted by molar-refractivity contribution is 0.0946. The molecule has 0 bridgehead atoms. The molecular weight excluding hydrogens is 468 g/mol. The van der Waals surface area contributed by atoms with Crippen molar-refractivity contribution in [2.45, 2.75) is 20.0 Å². The lowest BCUT2D eigenvalue weighted by Gasteiger charge is -2.09. The molecule has 3 aromatic heterocycles. The van der Waals surface area contributed by atoms with Gasteiger partial charge in [0.15, 0.2) is 16.5 Å². The second kappa shape index (κ2) is 9.63. The van der Waals surface area contributed by atoms with Gasteiger partial charge in [-0.05, 0) is 42.8 Å². The summed E-state index contributed by atoms with van der Waals surface area (Å²) >= 11 is 1.51. The maximum atomic E-state index is 12.7. The first-order valence-electron chi connectivity index (χ1n) is 11.0. The average Bonchev–Trinajstić information content (AvgIpc) is 3.57. The van der Waals surface area contributed by atoms with Crippen LogP contribution in [0.4, 0.5) is 0 Å². The molecule has 2 aromatic carbocycles. The smallest absolute Gasteiger partial charge is 0.271 e. The molecule has 0 atom stereocenters. The number of methoxy groups -OCH3 is 2. The van der Waals surface area contributed by atoms with Gasteiger partial charge in [0.05, 0.1) is 50.3 Å². The van der Waals surface area contributed by atoms with Gasteiger partial charge in [-0.3, -0.25) is 9.20 Å². The number of fused-ring (bicyclic) bond motifs is 3. The number of thiazole rings is 1. The summed E-state index contributed by atoms with van der Waals surface area (Å²) in [6.07, 6.45) is 3.55. The molecule has 0 spiro atoms. The number of nitrogens with zero attached hydrogens (tertiary/aromatic N) is 5. The van der Waals surface area contributed by atoms with Crippen LogP contribution < -0.4 is 19.5 Å². The van der Waals surface area contributed by atoms with Crippen molar-refractivity contribution in [3.8, 4) is 17.2 Å². The van der Waals surface area contributed by atoms with Crippen LogP contribution in [0.5, 0.6) is 17.2 Å². The monoisotopic (exact) mass is 492 g/mol. The van der Waals surface area contributed by atoms with Gasteiger partial charge in [-0.25, -0.2) is 9.67 Å². The van der Waals surface area contributed by atoms with E-state index in [1.54, 1.807) is 31.3 Å². The number of imidazole rings is 1. The van der Waals surface area contributed by atoms with Crippen LogP contribution in [0.15, 0.2) is 48.8 Å². The summed E-state index contributed by atoms with van der Waals surface area (Å²) < 4.78 is 20.9. The first-order valence-corrected chi connectivity index (χ1v) is 11.8. The lowest BCUT2D eigenvalue weighted by atomic mass is 10.2. The number of carbonyl (C=O) groups excluding carboxylic acids is 1. The van der Waals surface area contributed by atoms with Gasteiger partial charge in [-0.2, -0.15) is 0 Å². The van der Waals surface area contributed by atoms with E-state index in [1.807, 2.05) is 47.7 Å². The predicted molar refractivity (Wildman–Crippen MR) is 132 cm³/mol. The predicted octanol–water partition coefficient (Wildman–Crippen LogP) is 3.53. The topological polar surface area (TPSA) is 105 Å². The van der Waals surface area contributed by atoms with Crippen molar-refractivity contribution < 1.29 is 19.0 Å². The zero-order valence-corrected chi connectivity index (χ0v) is 20.3. The van der Waals surface area contributed by atoms with Gasteiger partial charge < -0.3 is 19.5 Å². The number of hydrogen-bond donors (Lipinski definition) is 1. The molecule has 3 heterocycles. The van der Waals surface area contributed by atoms with E-state index in [2.05, 4.69) is 20.6 Å². The third-order valence-electron chi connectivity index (χ3n) is 5.42. The van der Waals surface area contributed by atoms with Crippen molar-refractivity contribution in [3.63, 3.8) is 0 Å².